The summed E-state index contributed by atoms with van der Waals surface area (Å²) in [5.74, 6) is 0.353. The fourth-order valence-corrected chi connectivity index (χ4v) is 0.629. The smallest absolute Gasteiger partial charge is 0.191 e. The van der Waals surface area contributed by atoms with Gasteiger partial charge in [-0.15, -0.1) is 0 Å². The maximum absolute atomic E-state index is 8.53. The standard InChI is InChI=1S/C7H8N4O/c1-2-12-5-11-7-6(3-8)9-4-10-7/h4-5H,2H2,1H3,(H,9,10). The maximum atomic E-state index is 8.53. The van der Waals surface area contributed by atoms with Crippen molar-refractivity contribution in [2.75, 3.05) is 6.61 Å². The SMILES string of the molecule is CCOC=Nc1nc[nH]c1C#N. The Kier molecular flexibility index (Phi) is 2.85. The minimum atomic E-state index is 0.339. The number of rotatable bonds is 3. The molecule has 12 heavy (non-hydrogen) atoms. The zero-order valence-corrected chi connectivity index (χ0v) is 6.61. The molecule has 0 aliphatic carbocycles. The zero-order chi connectivity index (χ0) is 8.81. The first-order valence-electron chi connectivity index (χ1n) is 3.46. The molecule has 1 aromatic heterocycles. The predicted octanol–water partition coefficient (Wildman–Crippen LogP) is 0.978. The number of nitriles is 1. The number of hydrogen-bond acceptors (Lipinski definition) is 4. The topological polar surface area (TPSA) is 74.1 Å². The average molecular weight is 164 g/mol. The lowest BCUT2D eigenvalue weighted by Crippen LogP contribution is -1.84. The number of nitrogens with one attached hydrogen (secondary N) is 1. The van der Waals surface area contributed by atoms with Crippen molar-refractivity contribution in [2.24, 2.45) is 4.99 Å². The number of aromatic nitrogens is 2. The Morgan fingerprint density at radius 2 is 2.75 bits per heavy atom. The number of hydrogen-bond donors (Lipinski definition) is 1. The van der Waals surface area contributed by atoms with Gasteiger partial charge < -0.3 is 9.72 Å². The van der Waals surface area contributed by atoms with Gasteiger partial charge in [-0.2, -0.15) is 10.3 Å². The van der Waals surface area contributed by atoms with Gasteiger partial charge in [0.1, 0.15) is 6.07 Å². The van der Waals surface area contributed by atoms with Crippen LogP contribution in [-0.4, -0.2) is 23.0 Å². The Hall–Kier alpha value is -1.83. The molecule has 0 aliphatic heterocycles. The summed E-state index contributed by atoms with van der Waals surface area (Å²) in [6, 6.07) is 1.92. The Morgan fingerprint density at radius 1 is 1.92 bits per heavy atom. The molecule has 0 saturated heterocycles. The van der Waals surface area contributed by atoms with Gasteiger partial charge >= 0.3 is 0 Å². The second-order valence-corrected chi connectivity index (χ2v) is 1.90. The molecule has 62 valence electrons. The van der Waals surface area contributed by atoms with E-state index >= 15 is 0 Å². The van der Waals surface area contributed by atoms with E-state index < -0.39 is 0 Å². The van der Waals surface area contributed by atoms with Crippen LogP contribution in [0.4, 0.5) is 5.82 Å². The van der Waals surface area contributed by atoms with E-state index in [1.807, 2.05) is 13.0 Å². The molecule has 0 atom stereocenters. The van der Waals surface area contributed by atoms with Gasteiger partial charge in [0.15, 0.2) is 17.9 Å². The molecule has 1 heterocycles. The van der Waals surface area contributed by atoms with E-state index in [1.165, 1.54) is 12.7 Å². The largest absolute Gasteiger partial charge is 0.483 e. The van der Waals surface area contributed by atoms with Gasteiger partial charge in [0.2, 0.25) is 0 Å². The Morgan fingerprint density at radius 3 is 3.42 bits per heavy atom. The molecule has 5 heteroatoms. The molecule has 0 spiro atoms. The van der Waals surface area contributed by atoms with Crippen molar-refractivity contribution in [1.29, 1.82) is 5.26 Å². The molecule has 5 nitrogen and oxygen atoms in total. The highest BCUT2D eigenvalue weighted by Gasteiger charge is 2.00. The van der Waals surface area contributed by atoms with Crippen molar-refractivity contribution in [3.63, 3.8) is 0 Å². The predicted molar refractivity (Wildman–Crippen MR) is 43.1 cm³/mol. The van der Waals surface area contributed by atoms with E-state index in [0.29, 0.717) is 18.1 Å². The molecule has 1 N–H and O–H groups in total. The van der Waals surface area contributed by atoms with Gasteiger partial charge in [-0.1, -0.05) is 0 Å². The Bertz CT molecular complexity index is 309. The molecule has 0 aliphatic rings. The molecule has 0 bridgehead atoms. The normalized spacial score (nSPS) is 10.0. The van der Waals surface area contributed by atoms with Crippen LogP contribution in [0.2, 0.25) is 0 Å². The van der Waals surface area contributed by atoms with Gasteiger partial charge in [0, 0.05) is 0 Å². The van der Waals surface area contributed by atoms with Crippen LogP contribution in [0.1, 0.15) is 12.6 Å². The highest BCUT2D eigenvalue weighted by atomic mass is 16.5. The quantitative estimate of drug-likeness (QED) is 0.534. The third-order valence-electron chi connectivity index (χ3n) is 1.15. The highest BCUT2D eigenvalue weighted by Crippen LogP contribution is 2.10. The lowest BCUT2D eigenvalue weighted by molar-refractivity contribution is 0.344. The number of H-pyrrole nitrogens is 1. The van der Waals surface area contributed by atoms with Crippen LogP contribution in [0.3, 0.4) is 0 Å². The third kappa shape index (κ3) is 1.83. The van der Waals surface area contributed by atoms with Crippen LogP contribution in [-0.2, 0) is 4.74 Å². The van der Waals surface area contributed by atoms with Crippen LogP contribution in [0.5, 0.6) is 0 Å². The molecule has 0 amide bonds. The lowest BCUT2D eigenvalue weighted by Gasteiger charge is -1.89. The highest BCUT2D eigenvalue weighted by molar-refractivity contribution is 5.56. The molecular weight excluding hydrogens is 156 g/mol. The van der Waals surface area contributed by atoms with Crippen molar-refractivity contribution < 1.29 is 4.74 Å². The first-order chi connectivity index (χ1) is 5.88. The summed E-state index contributed by atoms with van der Waals surface area (Å²) in [5.41, 5.74) is 0.339. The minimum Gasteiger partial charge on any atom is -0.483 e. The zero-order valence-electron chi connectivity index (χ0n) is 6.61. The number of aliphatic imine (C=N–C) groups is 1. The van der Waals surface area contributed by atoms with Gasteiger partial charge in [0.05, 0.1) is 12.9 Å². The second kappa shape index (κ2) is 4.13. The fraction of sp³-hybridized carbons (Fsp3) is 0.286. The van der Waals surface area contributed by atoms with E-state index in [1.54, 1.807) is 0 Å². The Balaban J connectivity index is 2.69. The summed E-state index contributed by atoms with van der Waals surface area (Å²) in [6.07, 6.45) is 2.69. The van der Waals surface area contributed by atoms with Crippen LogP contribution in [0, 0.1) is 11.3 Å². The summed E-state index contributed by atoms with van der Waals surface area (Å²) in [6.45, 7) is 2.40. The number of imidazole rings is 1. The van der Waals surface area contributed by atoms with Gasteiger partial charge in [-0.25, -0.2) is 4.98 Å². The van der Waals surface area contributed by atoms with E-state index in [-0.39, 0.29) is 0 Å². The summed E-state index contributed by atoms with van der Waals surface area (Å²) in [4.78, 5) is 10.3. The maximum Gasteiger partial charge on any atom is 0.191 e. The van der Waals surface area contributed by atoms with Crippen molar-refractivity contribution in [1.82, 2.24) is 9.97 Å². The van der Waals surface area contributed by atoms with Crippen molar-refractivity contribution >= 4 is 12.2 Å². The fourth-order valence-electron chi connectivity index (χ4n) is 0.629. The van der Waals surface area contributed by atoms with Crippen molar-refractivity contribution in [3.8, 4) is 6.07 Å². The molecule has 0 fully saturated rings. The van der Waals surface area contributed by atoms with Crippen LogP contribution in [0.25, 0.3) is 0 Å². The molecule has 1 rings (SSSR count). The van der Waals surface area contributed by atoms with Gasteiger partial charge in [-0.05, 0) is 6.92 Å². The monoisotopic (exact) mass is 164 g/mol. The third-order valence-corrected chi connectivity index (χ3v) is 1.15. The van der Waals surface area contributed by atoms with Crippen molar-refractivity contribution in [2.45, 2.75) is 6.92 Å². The summed E-state index contributed by atoms with van der Waals surface area (Å²) in [5, 5.41) is 8.53. The van der Waals surface area contributed by atoms with E-state index in [2.05, 4.69) is 15.0 Å². The summed E-state index contributed by atoms with van der Waals surface area (Å²) in [7, 11) is 0. The van der Waals surface area contributed by atoms with Crippen LogP contribution < -0.4 is 0 Å². The van der Waals surface area contributed by atoms with Crippen LogP contribution >= 0.6 is 0 Å². The average Bonchev–Trinajstić information content (AvgIpc) is 2.52. The molecule has 0 radical (unpaired) electrons. The summed E-state index contributed by atoms with van der Waals surface area (Å²) < 4.78 is 4.85. The van der Waals surface area contributed by atoms with Gasteiger partial charge in [0.25, 0.3) is 0 Å². The van der Waals surface area contributed by atoms with Crippen molar-refractivity contribution in [3.05, 3.63) is 12.0 Å². The molecule has 0 aromatic carbocycles. The molecule has 1 aromatic rings. The summed E-state index contributed by atoms with van der Waals surface area (Å²) >= 11 is 0. The first kappa shape index (κ1) is 8.27. The Labute approximate surface area is 69.7 Å². The second-order valence-electron chi connectivity index (χ2n) is 1.90. The lowest BCUT2D eigenvalue weighted by atomic mass is 10.5. The number of nitrogens with zero attached hydrogens (tertiary/aromatic N) is 3. The first-order valence-corrected chi connectivity index (χ1v) is 3.46. The minimum absolute atomic E-state index is 0.339. The van der Waals surface area contributed by atoms with E-state index in [0.717, 1.165) is 0 Å². The number of aromatic amines is 1. The van der Waals surface area contributed by atoms with Gasteiger partial charge in [-0.3, -0.25) is 0 Å². The molecule has 0 unspecified atom stereocenters. The molecular formula is C7H8N4O. The molecule has 0 saturated carbocycles. The van der Waals surface area contributed by atoms with Crippen LogP contribution in [0.15, 0.2) is 11.3 Å². The number of ether oxygens (including phenoxy) is 1. The van der Waals surface area contributed by atoms with E-state index in [9.17, 15) is 0 Å². The van der Waals surface area contributed by atoms with E-state index in [4.69, 9.17) is 10.00 Å².